The number of nitrogens with zero attached hydrogens (tertiary/aromatic N) is 12. The monoisotopic (exact) mass is 1770 g/mol. The molecule has 10 N–H and O–H groups in total. The van der Waals surface area contributed by atoms with Crippen molar-refractivity contribution < 1.29 is 89.5 Å². The van der Waals surface area contributed by atoms with Crippen LogP contribution in [0, 0.1) is 20.8 Å². The van der Waals surface area contributed by atoms with Crippen molar-refractivity contribution in [2.24, 2.45) is 40.2 Å². The van der Waals surface area contributed by atoms with Crippen molar-refractivity contribution in [1.82, 2.24) is 79.1 Å². The third-order valence-corrected chi connectivity index (χ3v) is 20.8. The molecule has 10 rings (SSSR count). The highest BCUT2D eigenvalue weighted by Crippen LogP contribution is 2.40. The molecule has 0 radical (unpaired) electrons. The number of anilines is 5. The average molecular weight is 1780 g/mol. The Balaban J connectivity index is 0.491. The molecule has 1 aliphatic heterocycles. The number of fused-ring (bicyclic) bond motifs is 3. The summed E-state index contributed by atoms with van der Waals surface area (Å²) in [5, 5.41) is 37.2. The largest absolute Gasteiger partial charge is 0.491 e. The molecule has 38 nitrogen and oxygen atoms in total. The van der Waals surface area contributed by atoms with Crippen molar-refractivity contribution in [2.45, 2.75) is 78.1 Å². The van der Waals surface area contributed by atoms with E-state index in [-0.39, 0.29) is 155 Å². The fourth-order valence-electron chi connectivity index (χ4n) is 12.9. The normalized spacial score (nSPS) is 12.4. The number of alkyl halides is 3. The zero-order valence-electron chi connectivity index (χ0n) is 70.4. The van der Waals surface area contributed by atoms with Gasteiger partial charge in [-0.1, -0.05) is 23.7 Å². The summed E-state index contributed by atoms with van der Waals surface area (Å²) in [6.45, 7) is 8.15. The zero-order chi connectivity index (χ0) is 89.7. The number of aromatic nitrogens is 10. The molecule has 9 aromatic rings. The van der Waals surface area contributed by atoms with Gasteiger partial charge in [0.15, 0.2) is 17.5 Å². The predicted molar refractivity (Wildman–Crippen MR) is 457 cm³/mol. The number of nitrogens with one attached hydrogen (secondary N) is 10. The Hall–Kier alpha value is -12.5. The molecule has 43 heteroatoms. The van der Waals surface area contributed by atoms with E-state index in [0.29, 0.717) is 91.6 Å². The summed E-state index contributed by atoms with van der Waals surface area (Å²) >= 11 is 7.90. The number of amides is 10. The lowest BCUT2D eigenvalue weighted by molar-refractivity contribution is -0.245. The van der Waals surface area contributed by atoms with Crippen molar-refractivity contribution in [3.05, 3.63) is 171 Å². The van der Waals surface area contributed by atoms with Crippen LogP contribution in [0.2, 0.25) is 5.02 Å². The van der Waals surface area contributed by atoms with E-state index < -0.39 is 72.7 Å². The topological polar surface area (TPSA) is 443 Å². The number of benzene rings is 2. The second-order valence-electron chi connectivity index (χ2n) is 28.8. The van der Waals surface area contributed by atoms with Crippen molar-refractivity contribution in [1.29, 1.82) is 0 Å². The van der Waals surface area contributed by atoms with Crippen LogP contribution in [-0.4, -0.2) is 242 Å². The van der Waals surface area contributed by atoms with Crippen LogP contribution in [0.4, 0.5) is 41.7 Å². The Morgan fingerprint density at radius 1 is 0.496 bits per heavy atom. The molecule has 0 saturated heterocycles. The number of aryl methyl sites for hydroxylation is 7. The van der Waals surface area contributed by atoms with E-state index in [1.165, 1.54) is 61.3 Å². The van der Waals surface area contributed by atoms with Crippen LogP contribution in [0.3, 0.4) is 0 Å². The first kappa shape index (κ1) is 94.8. The fraction of sp³-hybridized carbons (Fsp3) is 0.427. The quantitative estimate of drug-likeness (QED) is 0.0138. The van der Waals surface area contributed by atoms with E-state index in [2.05, 4.69) is 87.2 Å². The number of thiophene rings is 1. The minimum atomic E-state index is -4.66. The lowest BCUT2D eigenvalue weighted by Crippen LogP contribution is -2.41. The highest BCUT2D eigenvalue weighted by Gasteiger charge is 2.37. The molecule has 0 aliphatic carbocycles. The molecule has 0 spiro atoms. The van der Waals surface area contributed by atoms with E-state index in [1.807, 2.05) is 35.8 Å². The van der Waals surface area contributed by atoms with Crippen LogP contribution in [0.5, 0.6) is 5.75 Å². The predicted octanol–water partition coefficient (Wildman–Crippen LogP) is 6.84. The highest BCUT2D eigenvalue weighted by atomic mass is 35.5. The molecule has 8 heterocycles. The summed E-state index contributed by atoms with van der Waals surface area (Å²) in [5.41, 5.74) is 5.72. The Labute approximate surface area is 726 Å². The molecular formula is C82H102ClF3N22O16S. The summed E-state index contributed by atoms with van der Waals surface area (Å²) < 4.78 is 84.6. The van der Waals surface area contributed by atoms with Crippen LogP contribution >= 0.6 is 22.9 Å². The molecule has 2 aromatic carbocycles. The smallest absolute Gasteiger partial charge is 0.459 e. The number of hydrogen-bond acceptors (Lipinski definition) is 23. The summed E-state index contributed by atoms with van der Waals surface area (Å²) in [7, 11) is 7.98. The zero-order valence-corrected chi connectivity index (χ0v) is 72.0. The maximum Gasteiger partial charge on any atom is 0.459 e. The number of halogens is 4. The van der Waals surface area contributed by atoms with Gasteiger partial charge in [-0.25, -0.2) is 14.9 Å². The van der Waals surface area contributed by atoms with E-state index >= 15 is 0 Å². The van der Waals surface area contributed by atoms with Gasteiger partial charge >= 0.3 is 6.30 Å². The van der Waals surface area contributed by atoms with E-state index in [4.69, 9.17) is 45.0 Å². The first-order chi connectivity index (χ1) is 60.0. The van der Waals surface area contributed by atoms with Gasteiger partial charge in [0.25, 0.3) is 29.5 Å². The summed E-state index contributed by atoms with van der Waals surface area (Å²) in [4.78, 5) is 144. The molecule has 7 aromatic heterocycles. The number of carbonyl (C=O) groups excluding carboxylic acids is 10. The van der Waals surface area contributed by atoms with E-state index in [0.717, 1.165) is 32.3 Å². The van der Waals surface area contributed by atoms with Crippen LogP contribution in [0.25, 0.3) is 5.00 Å². The molecule has 0 saturated carbocycles. The van der Waals surface area contributed by atoms with Crippen molar-refractivity contribution in [3.8, 4) is 10.8 Å². The maximum atomic E-state index is 13.9. The summed E-state index contributed by atoms with van der Waals surface area (Å²) in [5.74, 6) is -2.79. The Kier molecular flexibility index (Phi) is 35.1. The minimum Gasteiger partial charge on any atom is -0.491 e. The number of carbonyl (C=O) groups is 10. The third kappa shape index (κ3) is 28.3. The lowest BCUT2D eigenvalue weighted by Gasteiger charge is -2.24. The molecule has 10 amide bonds. The average Bonchev–Trinajstić information content (AvgIpc) is 1.59. The third-order valence-electron chi connectivity index (χ3n) is 19.3. The number of rotatable bonds is 49. The molecule has 0 unspecified atom stereocenters. The Bertz CT molecular complexity index is 5260. The van der Waals surface area contributed by atoms with Gasteiger partial charge in [0.1, 0.15) is 46.3 Å². The second kappa shape index (κ2) is 46.3. The number of hydrogen-bond donors (Lipinski definition) is 10. The van der Waals surface area contributed by atoms with Gasteiger partial charge in [0.2, 0.25) is 35.4 Å². The SMILES string of the molecule is Cc1sc2c(c1C)C(c1ccc(Cl)cc1)=N[C@@H](CC(=O)Nc1ccc(OCCOCCOCCOCCOCCOCCC(=O)NCCCN(CCCNC(=O)CCNC(=O)c3cc(NC(=O)CCNC(=O)c4cc(NC(=O)c5nc(NC(=O)CCNC(=O)c6cc(NC(=O)c7nccn7C)cn6C)cn5C)cn4C)cn3C)C(F)(F)F)cc1)c1nnc(C)n1-2. The van der Waals surface area contributed by atoms with Crippen LogP contribution in [0.1, 0.15) is 137 Å². The van der Waals surface area contributed by atoms with Crippen molar-refractivity contribution in [2.75, 3.05) is 145 Å². The molecule has 1 aliphatic rings. The number of imidazole rings is 2. The Morgan fingerprint density at radius 2 is 0.976 bits per heavy atom. The summed E-state index contributed by atoms with van der Waals surface area (Å²) in [6.07, 6.45) is 3.94. The summed E-state index contributed by atoms with van der Waals surface area (Å²) in [6, 6.07) is 18.3. The Morgan fingerprint density at radius 3 is 1.50 bits per heavy atom. The first-order valence-corrected chi connectivity index (χ1v) is 41.4. The molecule has 125 heavy (non-hydrogen) atoms. The van der Waals surface area contributed by atoms with Crippen LogP contribution < -0.4 is 57.9 Å². The van der Waals surface area contributed by atoms with Gasteiger partial charge in [0, 0.05) is 171 Å². The van der Waals surface area contributed by atoms with Gasteiger partial charge in [-0.2, -0.15) is 13.2 Å². The molecule has 670 valence electrons. The second-order valence-corrected chi connectivity index (χ2v) is 30.5. The van der Waals surface area contributed by atoms with E-state index in [9.17, 15) is 61.1 Å². The van der Waals surface area contributed by atoms with Crippen LogP contribution in [0.15, 0.2) is 109 Å². The number of aliphatic imine (C=N–C) groups is 1. The molecular weight excluding hydrogens is 1670 g/mol. The van der Waals surface area contributed by atoms with Crippen molar-refractivity contribution >= 4 is 116 Å². The maximum absolute atomic E-state index is 13.9. The van der Waals surface area contributed by atoms with Crippen LogP contribution in [-0.2, 0) is 82.9 Å². The molecule has 1 atom stereocenters. The standard InChI is InChI=1S/C82H102ClF3N22O16S/c1-51-52(2)125-81-71(51)72(54-11-13-55(83)14-12-54)97-61(73-101-100-53(3)108(73)81)46-70(113)93-56-15-17-60(18-16-56)124-42-41-123-40-39-122-38-37-121-36-35-120-34-33-119-32-22-67(110)88-24-10-30-107(82(84,85)86)29-9-23-87-66(109)19-25-90-76(114)62-43-57(47-103(62)5)94-68(111)20-26-91-77(115)64-45-59(49-105(64)7)96-80(118)75-99-65(50-106(75)8)98-69(112)21-27-92-78(116)63-44-58(48-104(63)6)95-79(117)74-89-28-31-102(74)4/h11-18,28,31,43-45,47-50,61H,9-10,19-27,29-30,32-42,46H2,1-8H3,(H,87,109)(H,88,110)(H,90,114)(H,91,115)(H,92,116)(H,93,113)(H,94,111)(H,95,117)(H,96,118)(H,98,112)/t61-/m0/s1. The lowest BCUT2D eigenvalue weighted by atomic mass is 9.99. The molecule has 0 bridgehead atoms. The van der Waals surface area contributed by atoms with Gasteiger partial charge in [-0.15, -0.1) is 21.5 Å². The van der Waals surface area contributed by atoms with Gasteiger partial charge in [0.05, 0.1) is 95.3 Å². The fourth-order valence-corrected chi connectivity index (χ4v) is 14.2. The first-order valence-electron chi connectivity index (χ1n) is 40.2. The van der Waals surface area contributed by atoms with Gasteiger partial charge < -0.3 is 104 Å². The van der Waals surface area contributed by atoms with Crippen molar-refractivity contribution in [3.63, 3.8) is 0 Å². The number of ether oxygens (including phenoxy) is 6. The van der Waals surface area contributed by atoms with E-state index in [1.54, 1.807) is 87.8 Å². The van der Waals surface area contributed by atoms with Gasteiger partial charge in [-0.3, -0.25) is 57.5 Å². The minimum absolute atomic E-state index is 0.0000502. The van der Waals surface area contributed by atoms with Gasteiger partial charge in [-0.05, 0) is 93.8 Å². The molecule has 0 fully saturated rings. The highest BCUT2D eigenvalue weighted by molar-refractivity contribution is 7.15.